The van der Waals surface area contributed by atoms with Gasteiger partial charge >= 0.3 is 0 Å². The van der Waals surface area contributed by atoms with Crippen molar-refractivity contribution < 1.29 is 13.2 Å². The number of carbonyl (C=O) groups is 1. The Bertz CT molecular complexity index is 738. The molecule has 1 heterocycles. The Balaban J connectivity index is 1.89. The minimum absolute atomic E-state index is 0.0220. The summed E-state index contributed by atoms with van der Waals surface area (Å²) in [4.78, 5) is 12.8. The molecular formula is C11H14N6O3S. The molecule has 10 heteroatoms. The van der Waals surface area contributed by atoms with Gasteiger partial charge in [0.1, 0.15) is 6.54 Å². The van der Waals surface area contributed by atoms with Crippen LogP contribution in [-0.2, 0) is 27.9 Å². The van der Waals surface area contributed by atoms with Crippen LogP contribution in [0.1, 0.15) is 5.56 Å². The molecule has 0 aliphatic carbocycles. The second kappa shape index (κ2) is 5.89. The van der Waals surface area contributed by atoms with Gasteiger partial charge < -0.3 is 11.1 Å². The summed E-state index contributed by atoms with van der Waals surface area (Å²) in [6.45, 7) is 0.201. The first-order chi connectivity index (χ1) is 9.84. The number of hydrogen-bond acceptors (Lipinski definition) is 6. The van der Waals surface area contributed by atoms with E-state index in [2.05, 4.69) is 15.5 Å². The molecule has 0 aliphatic heterocycles. The molecule has 0 spiro atoms. The van der Waals surface area contributed by atoms with Crippen LogP contribution in [0.2, 0.25) is 0 Å². The zero-order valence-corrected chi connectivity index (χ0v) is 11.7. The highest BCUT2D eigenvalue weighted by Crippen LogP contribution is 2.08. The summed E-state index contributed by atoms with van der Waals surface area (Å²) in [5.41, 5.74) is 6.12. The van der Waals surface area contributed by atoms with Gasteiger partial charge in [-0.15, -0.1) is 5.10 Å². The highest BCUT2D eigenvalue weighted by Gasteiger charge is 2.08. The van der Waals surface area contributed by atoms with Gasteiger partial charge in [-0.05, 0) is 17.7 Å². The zero-order chi connectivity index (χ0) is 15.5. The van der Waals surface area contributed by atoms with E-state index in [1.807, 2.05) is 0 Å². The summed E-state index contributed by atoms with van der Waals surface area (Å²) in [5.74, 6) is -0.0532. The Morgan fingerprint density at radius 2 is 1.95 bits per heavy atom. The van der Waals surface area contributed by atoms with E-state index in [9.17, 15) is 13.2 Å². The van der Waals surface area contributed by atoms with Crippen molar-refractivity contribution in [3.63, 3.8) is 0 Å². The maximum Gasteiger partial charge on any atom is 0.243 e. The number of nitrogens with zero attached hydrogens (tertiary/aromatic N) is 3. The van der Waals surface area contributed by atoms with E-state index >= 15 is 0 Å². The predicted molar refractivity (Wildman–Crippen MR) is 74.1 cm³/mol. The number of sulfonamides is 1. The lowest BCUT2D eigenvalue weighted by Gasteiger charge is -2.05. The molecule has 1 aromatic heterocycles. The maximum absolute atomic E-state index is 11.7. The summed E-state index contributed by atoms with van der Waals surface area (Å²) < 4.78 is 22.2. The summed E-state index contributed by atoms with van der Waals surface area (Å²) in [7, 11) is -3.71. The third-order valence-corrected chi connectivity index (χ3v) is 3.51. The standard InChI is InChI=1S/C11H14N6O3S/c12-10-6-15-17(16-10)7-11(18)14-5-8-1-3-9(4-2-8)21(13,19)20/h1-4,6H,5,7H2,(H2,12,16)(H,14,18)(H2,13,19,20). The summed E-state index contributed by atoms with van der Waals surface area (Å²) in [5, 5.41) is 15.2. The van der Waals surface area contributed by atoms with E-state index in [-0.39, 0.29) is 29.7 Å². The van der Waals surface area contributed by atoms with Crippen molar-refractivity contribution in [3.8, 4) is 0 Å². The molecule has 0 aliphatic rings. The number of nitrogens with two attached hydrogens (primary N) is 2. The minimum atomic E-state index is -3.71. The molecule has 1 aromatic carbocycles. The molecule has 21 heavy (non-hydrogen) atoms. The molecule has 1 amide bonds. The van der Waals surface area contributed by atoms with E-state index in [1.54, 1.807) is 12.1 Å². The third-order valence-electron chi connectivity index (χ3n) is 2.58. The van der Waals surface area contributed by atoms with Crippen molar-refractivity contribution in [2.24, 2.45) is 5.14 Å². The van der Waals surface area contributed by atoms with Gasteiger partial charge in [-0.2, -0.15) is 9.90 Å². The van der Waals surface area contributed by atoms with Crippen molar-refractivity contribution >= 4 is 21.7 Å². The number of nitrogen functional groups attached to an aromatic ring is 1. The van der Waals surface area contributed by atoms with Crippen LogP contribution in [0.25, 0.3) is 0 Å². The molecule has 9 nitrogen and oxygen atoms in total. The van der Waals surface area contributed by atoms with Crippen molar-refractivity contribution in [2.45, 2.75) is 18.0 Å². The van der Waals surface area contributed by atoms with Gasteiger partial charge in [0.25, 0.3) is 0 Å². The molecular weight excluding hydrogens is 296 g/mol. The first-order valence-corrected chi connectivity index (χ1v) is 7.43. The number of carbonyl (C=O) groups excluding carboxylic acids is 1. The van der Waals surface area contributed by atoms with E-state index in [0.29, 0.717) is 0 Å². The zero-order valence-electron chi connectivity index (χ0n) is 10.9. The number of anilines is 1. The number of rotatable bonds is 5. The molecule has 5 N–H and O–H groups in total. The number of benzene rings is 1. The topological polar surface area (TPSA) is 146 Å². The highest BCUT2D eigenvalue weighted by atomic mass is 32.2. The molecule has 0 saturated heterocycles. The average Bonchev–Trinajstić information content (AvgIpc) is 2.81. The van der Waals surface area contributed by atoms with Crippen LogP contribution < -0.4 is 16.2 Å². The first-order valence-electron chi connectivity index (χ1n) is 5.88. The maximum atomic E-state index is 11.7. The molecule has 0 bridgehead atoms. The van der Waals surface area contributed by atoms with Gasteiger partial charge in [0, 0.05) is 6.54 Å². The lowest BCUT2D eigenvalue weighted by Crippen LogP contribution is -2.28. The quantitative estimate of drug-likeness (QED) is 0.634. The fraction of sp³-hybridized carbons (Fsp3) is 0.182. The van der Waals surface area contributed by atoms with E-state index in [1.165, 1.54) is 23.1 Å². The normalized spacial score (nSPS) is 11.3. The summed E-state index contributed by atoms with van der Waals surface area (Å²) in [6.07, 6.45) is 1.35. The van der Waals surface area contributed by atoms with Crippen LogP contribution in [0.5, 0.6) is 0 Å². The Kier molecular flexibility index (Phi) is 4.19. The van der Waals surface area contributed by atoms with Crippen molar-refractivity contribution in [3.05, 3.63) is 36.0 Å². The van der Waals surface area contributed by atoms with Gasteiger partial charge in [-0.3, -0.25) is 4.79 Å². The van der Waals surface area contributed by atoms with E-state index in [4.69, 9.17) is 10.9 Å². The fourth-order valence-corrected chi connectivity index (χ4v) is 2.08. The van der Waals surface area contributed by atoms with Crippen LogP contribution in [0.3, 0.4) is 0 Å². The monoisotopic (exact) mass is 310 g/mol. The second-order valence-electron chi connectivity index (χ2n) is 4.27. The van der Waals surface area contributed by atoms with E-state index < -0.39 is 10.0 Å². The molecule has 2 aromatic rings. The fourth-order valence-electron chi connectivity index (χ4n) is 1.57. The van der Waals surface area contributed by atoms with Crippen molar-refractivity contribution in [1.29, 1.82) is 0 Å². The Hall–Kier alpha value is -2.46. The average molecular weight is 310 g/mol. The predicted octanol–water partition coefficient (Wildman–Crippen LogP) is -1.18. The minimum Gasteiger partial charge on any atom is -0.381 e. The van der Waals surface area contributed by atoms with Gasteiger partial charge in [0.15, 0.2) is 5.82 Å². The molecule has 112 valence electrons. The van der Waals surface area contributed by atoms with E-state index in [0.717, 1.165) is 5.56 Å². The number of primary sulfonamides is 1. The summed E-state index contributed by atoms with van der Waals surface area (Å²) >= 11 is 0. The number of hydrogen-bond donors (Lipinski definition) is 3. The third kappa shape index (κ3) is 4.26. The molecule has 0 atom stereocenters. The highest BCUT2D eigenvalue weighted by molar-refractivity contribution is 7.89. The number of aromatic nitrogens is 3. The lowest BCUT2D eigenvalue weighted by atomic mass is 10.2. The van der Waals surface area contributed by atoms with Gasteiger partial charge in [-0.1, -0.05) is 12.1 Å². The molecule has 0 fully saturated rings. The molecule has 2 rings (SSSR count). The number of amides is 1. The lowest BCUT2D eigenvalue weighted by molar-refractivity contribution is -0.122. The largest absolute Gasteiger partial charge is 0.381 e. The van der Waals surface area contributed by atoms with Crippen molar-refractivity contribution in [2.75, 3.05) is 5.73 Å². The summed E-state index contributed by atoms with van der Waals surface area (Å²) in [6, 6.07) is 5.91. The van der Waals surface area contributed by atoms with Gasteiger partial charge in [-0.25, -0.2) is 13.6 Å². The Morgan fingerprint density at radius 1 is 1.29 bits per heavy atom. The van der Waals surface area contributed by atoms with Crippen LogP contribution in [0.4, 0.5) is 5.82 Å². The van der Waals surface area contributed by atoms with Crippen LogP contribution in [0, 0.1) is 0 Å². The Morgan fingerprint density at radius 3 is 2.48 bits per heavy atom. The van der Waals surface area contributed by atoms with Gasteiger partial charge in [0.2, 0.25) is 15.9 Å². The van der Waals surface area contributed by atoms with Crippen LogP contribution >= 0.6 is 0 Å². The smallest absolute Gasteiger partial charge is 0.243 e. The van der Waals surface area contributed by atoms with Crippen LogP contribution in [0.15, 0.2) is 35.4 Å². The second-order valence-corrected chi connectivity index (χ2v) is 5.83. The van der Waals surface area contributed by atoms with Crippen LogP contribution in [-0.4, -0.2) is 29.3 Å². The van der Waals surface area contributed by atoms with Crippen molar-refractivity contribution in [1.82, 2.24) is 20.3 Å². The molecule has 0 radical (unpaired) electrons. The molecule has 0 unspecified atom stereocenters. The van der Waals surface area contributed by atoms with Gasteiger partial charge in [0.05, 0.1) is 11.1 Å². The number of nitrogens with one attached hydrogen (secondary N) is 1. The first kappa shape index (κ1) is 14.9. The molecule has 0 saturated carbocycles. The Labute approximate surface area is 121 Å². The SMILES string of the molecule is Nc1cnn(CC(=O)NCc2ccc(S(N)(=O)=O)cc2)n1.